The summed E-state index contributed by atoms with van der Waals surface area (Å²) < 4.78 is 11.1. The summed E-state index contributed by atoms with van der Waals surface area (Å²) in [6.07, 6.45) is -0.316. The number of methoxy groups -OCH3 is 1. The van der Waals surface area contributed by atoms with Crippen LogP contribution >= 0.6 is 12.2 Å². The molecule has 0 saturated heterocycles. The number of fused-ring (bicyclic) bond motifs is 1. The van der Waals surface area contributed by atoms with Gasteiger partial charge >= 0.3 is 5.97 Å². The second-order valence-electron chi connectivity index (χ2n) is 4.93. The minimum atomic E-state index is -0.932. The zero-order valence-electron chi connectivity index (χ0n) is 11.6. The van der Waals surface area contributed by atoms with Gasteiger partial charge in [-0.1, -0.05) is 26.1 Å². The fourth-order valence-electron chi connectivity index (χ4n) is 2.12. The highest BCUT2D eigenvalue weighted by molar-refractivity contribution is 7.80. The number of hydrogen-bond acceptors (Lipinski definition) is 4. The summed E-state index contributed by atoms with van der Waals surface area (Å²) in [7, 11) is 1.57. The standard InChI is InChI=1S/C14H17NO4S/c1-8(2)13-14(20)15(7-12(16)17)10-5-4-9(18-3)6-11(10)19-13/h4-6,8,13H,7H2,1-3H3,(H,16,17). The molecule has 6 heteroatoms. The summed E-state index contributed by atoms with van der Waals surface area (Å²) in [4.78, 5) is 13.2. The molecule has 1 atom stereocenters. The Kier molecular flexibility index (Phi) is 4.13. The first-order chi connectivity index (χ1) is 9.43. The molecule has 0 radical (unpaired) electrons. The highest BCUT2D eigenvalue weighted by Gasteiger charge is 2.34. The lowest BCUT2D eigenvalue weighted by molar-refractivity contribution is -0.135. The van der Waals surface area contributed by atoms with E-state index < -0.39 is 5.97 Å². The Morgan fingerprint density at radius 2 is 2.25 bits per heavy atom. The lowest BCUT2D eigenvalue weighted by Crippen LogP contribution is -2.49. The molecule has 108 valence electrons. The highest BCUT2D eigenvalue weighted by Crippen LogP contribution is 2.38. The van der Waals surface area contributed by atoms with Gasteiger partial charge in [0.25, 0.3) is 0 Å². The van der Waals surface area contributed by atoms with Crippen molar-refractivity contribution < 1.29 is 19.4 Å². The maximum absolute atomic E-state index is 11.1. The van der Waals surface area contributed by atoms with Gasteiger partial charge in [-0.05, 0) is 18.1 Å². The first kappa shape index (κ1) is 14.6. The summed E-state index contributed by atoms with van der Waals surface area (Å²) in [6.45, 7) is 3.80. The van der Waals surface area contributed by atoms with Crippen molar-refractivity contribution in [2.24, 2.45) is 5.92 Å². The summed E-state index contributed by atoms with van der Waals surface area (Å²) in [5.41, 5.74) is 0.662. The molecule has 1 unspecified atom stereocenters. The molecule has 0 amide bonds. The van der Waals surface area contributed by atoms with E-state index in [1.807, 2.05) is 13.8 Å². The van der Waals surface area contributed by atoms with E-state index in [0.29, 0.717) is 22.2 Å². The van der Waals surface area contributed by atoms with Crippen LogP contribution in [0.15, 0.2) is 18.2 Å². The van der Waals surface area contributed by atoms with Crippen molar-refractivity contribution in [2.75, 3.05) is 18.6 Å². The third-order valence-electron chi connectivity index (χ3n) is 3.12. The van der Waals surface area contributed by atoms with Crippen LogP contribution in [0.1, 0.15) is 13.8 Å². The number of benzene rings is 1. The lowest BCUT2D eigenvalue weighted by atomic mass is 10.0. The fourth-order valence-corrected chi connectivity index (χ4v) is 2.60. The largest absolute Gasteiger partial charge is 0.497 e. The zero-order valence-corrected chi connectivity index (χ0v) is 12.4. The second-order valence-corrected chi connectivity index (χ2v) is 5.35. The Labute approximate surface area is 123 Å². The Hall–Kier alpha value is -1.82. The highest BCUT2D eigenvalue weighted by atomic mass is 32.1. The number of carboxylic acid groups (broad SMARTS) is 1. The molecule has 2 rings (SSSR count). The average Bonchev–Trinajstić information content (AvgIpc) is 2.40. The number of thiocarbonyl (C=S) groups is 1. The van der Waals surface area contributed by atoms with Crippen LogP contribution in [0.3, 0.4) is 0 Å². The van der Waals surface area contributed by atoms with E-state index in [-0.39, 0.29) is 18.6 Å². The molecule has 0 saturated carbocycles. The van der Waals surface area contributed by atoms with E-state index in [4.69, 9.17) is 26.8 Å². The summed E-state index contributed by atoms with van der Waals surface area (Å²) >= 11 is 5.39. The first-order valence-corrected chi connectivity index (χ1v) is 6.72. The van der Waals surface area contributed by atoms with E-state index in [2.05, 4.69) is 0 Å². The van der Waals surface area contributed by atoms with Crippen LogP contribution in [0.5, 0.6) is 11.5 Å². The fraction of sp³-hybridized carbons (Fsp3) is 0.429. The molecule has 1 aliphatic rings. The number of aliphatic carboxylic acids is 1. The first-order valence-electron chi connectivity index (χ1n) is 6.32. The van der Waals surface area contributed by atoms with Gasteiger partial charge < -0.3 is 19.5 Å². The van der Waals surface area contributed by atoms with Crippen molar-refractivity contribution in [3.63, 3.8) is 0 Å². The molecular formula is C14H17NO4S. The van der Waals surface area contributed by atoms with Crippen molar-refractivity contribution >= 4 is 28.9 Å². The van der Waals surface area contributed by atoms with Crippen molar-refractivity contribution in [1.82, 2.24) is 0 Å². The Morgan fingerprint density at radius 3 is 2.80 bits per heavy atom. The van der Waals surface area contributed by atoms with Gasteiger partial charge in [-0.15, -0.1) is 0 Å². The Morgan fingerprint density at radius 1 is 1.55 bits per heavy atom. The zero-order chi connectivity index (χ0) is 14.9. The van der Waals surface area contributed by atoms with Crippen LogP contribution in [0.25, 0.3) is 0 Å². The van der Waals surface area contributed by atoms with Crippen molar-refractivity contribution in [3.8, 4) is 11.5 Å². The van der Waals surface area contributed by atoms with Gasteiger partial charge in [0, 0.05) is 6.07 Å². The number of carbonyl (C=O) groups is 1. The van der Waals surface area contributed by atoms with E-state index in [9.17, 15) is 4.79 Å². The predicted molar refractivity (Wildman–Crippen MR) is 79.8 cm³/mol. The molecule has 1 aromatic rings. The molecule has 5 nitrogen and oxygen atoms in total. The smallest absolute Gasteiger partial charge is 0.323 e. The number of hydrogen-bond donors (Lipinski definition) is 1. The summed E-state index contributed by atoms with van der Waals surface area (Å²) in [6, 6.07) is 5.27. The van der Waals surface area contributed by atoms with Gasteiger partial charge in [0.2, 0.25) is 0 Å². The number of rotatable bonds is 4. The van der Waals surface area contributed by atoms with Crippen LogP contribution in [0.4, 0.5) is 5.69 Å². The van der Waals surface area contributed by atoms with Gasteiger partial charge in [0.15, 0.2) is 6.10 Å². The maximum atomic E-state index is 11.1. The summed E-state index contributed by atoms with van der Waals surface area (Å²) in [5, 5.41) is 9.07. The maximum Gasteiger partial charge on any atom is 0.323 e. The molecule has 0 fully saturated rings. The van der Waals surface area contributed by atoms with Crippen LogP contribution in [0.2, 0.25) is 0 Å². The molecule has 1 N–H and O–H groups in total. The number of anilines is 1. The van der Waals surface area contributed by atoms with E-state index in [1.54, 1.807) is 30.2 Å². The van der Waals surface area contributed by atoms with Crippen LogP contribution < -0.4 is 14.4 Å². The monoisotopic (exact) mass is 295 g/mol. The Balaban J connectivity index is 2.46. The molecule has 0 aliphatic carbocycles. The van der Waals surface area contributed by atoms with Gasteiger partial charge in [-0.25, -0.2) is 0 Å². The van der Waals surface area contributed by atoms with Gasteiger partial charge in [-0.3, -0.25) is 4.79 Å². The van der Waals surface area contributed by atoms with Gasteiger partial charge in [0.1, 0.15) is 23.0 Å². The summed E-state index contributed by atoms with van der Waals surface area (Å²) in [5.74, 6) is 0.476. The molecule has 1 aromatic carbocycles. The van der Waals surface area contributed by atoms with Gasteiger partial charge in [0.05, 0.1) is 12.8 Å². The van der Waals surface area contributed by atoms with Crippen LogP contribution in [-0.4, -0.2) is 35.8 Å². The third-order valence-corrected chi connectivity index (χ3v) is 3.57. The topological polar surface area (TPSA) is 59.0 Å². The lowest BCUT2D eigenvalue weighted by Gasteiger charge is -2.37. The van der Waals surface area contributed by atoms with E-state index in [0.717, 1.165) is 0 Å². The normalized spacial score (nSPS) is 17.7. The SMILES string of the molecule is COc1ccc2c(c1)OC(C(C)C)C(=S)N2CC(=O)O. The number of carboxylic acids is 1. The number of nitrogens with zero attached hydrogens (tertiary/aromatic N) is 1. The minimum absolute atomic E-state index is 0.151. The van der Waals surface area contributed by atoms with E-state index in [1.165, 1.54) is 0 Å². The Bertz CT molecular complexity index is 544. The van der Waals surface area contributed by atoms with Crippen LogP contribution in [0, 0.1) is 5.92 Å². The van der Waals surface area contributed by atoms with Crippen molar-refractivity contribution in [3.05, 3.63) is 18.2 Å². The predicted octanol–water partition coefficient (Wildman–Crippen LogP) is 2.33. The molecule has 20 heavy (non-hydrogen) atoms. The minimum Gasteiger partial charge on any atom is -0.497 e. The quantitative estimate of drug-likeness (QED) is 0.860. The second kappa shape index (κ2) is 5.66. The van der Waals surface area contributed by atoms with Crippen molar-refractivity contribution in [2.45, 2.75) is 20.0 Å². The van der Waals surface area contributed by atoms with Crippen LogP contribution in [-0.2, 0) is 4.79 Å². The molecule has 1 aliphatic heterocycles. The van der Waals surface area contributed by atoms with Gasteiger partial charge in [-0.2, -0.15) is 0 Å². The molecular weight excluding hydrogens is 278 g/mol. The average molecular weight is 295 g/mol. The van der Waals surface area contributed by atoms with E-state index >= 15 is 0 Å². The molecule has 0 spiro atoms. The van der Waals surface area contributed by atoms with Crippen molar-refractivity contribution in [1.29, 1.82) is 0 Å². The molecule has 0 aromatic heterocycles. The molecule has 0 bridgehead atoms. The number of ether oxygens (including phenoxy) is 2. The third kappa shape index (κ3) is 2.70. The molecule has 1 heterocycles.